The Morgan fingerprint density at radius 1 is 1.17 bits per heavy atom. The van der Waals surface area contributed by atoms with Crippen LogP contribution in [0.2, 0.25) is 10.0 Å². The molecule has 0 aromatic heterocycles. The molecule has 1 unspecified atom stereocenters. The molecule has 1 aliphatic rings. The summed E-state index contributed by atoms with van der Waals surface area (Å²) in [6.45, 7) is 1.28. The third-order valence-electron chi connectivity index (χ3n) is 4.48. The van der Waals surface area contributed by atoms with Gasteiger partial charge in [0.2, 0.25) is 10.0 Å². The van der Waals surface area contributed by atoms with Crippen LogP contribution in [0.3, 0.4) is 0 Å². The van der Waals surface area contributed by atoms with E-state index in [1.165, 1.54) is 18.2 Å². The number of benzene rings is 2. The zero-order valence-electron chi connectivity index (χ0n) is 16.1. The number of carbonyl (C=O) groups is 1. The van der Waals surface area contributed by atoms with Crippen LogP contribution in [0.15, 0.2) is 47.4 Å². The van der Waals surface area contributed by atoms with E-state index in [4.69, 9.17) is 32.7 Å². The van der Waals surface area contributed by atoms with Gasteiger partial charge in [-0.2, -0.15) is 0 Å². The normalized spacial score (nSPS) is 16.4. The number of ether oxygens (including phenoxy) is 2. The van der Waals surface area contributed by atoms with Gasteiger partial charge in [0.15, 0.2) is 0 Å². The molecule has 162 valence electrons. The smallest absolute Gasteiger partial charge is 0.251 e. The lowest BCUT2D eigenvalue weighted by Gasteiger charge is -2.13. The van der Waals surface area contributed by atoms with Crippen molar-refractivity contribution in [2.24, 2.45) is 0 Å². The lowest BCUT2D eigenvalue weighted by Crippen LogP contribution is -2.32. The van der Waals surface area contributed by atoms with Crippen molar-refractivity contribution in [3.63, 3.8) is 0 Å². The van der Waals surface area contributed by atoms with Gasteiger partial charge >= 0.3 is 0 Å². The average molecular weight is 473 g/mol. The molecule has 30 heavy (non-hydrogen) atoms. The van der Waals surface area contributed by atoms with Crippen LogP contribution in [0.1, 0.15) is 23.2 Å². The van der Waals surface area contributed by atoms with Gasteiger partial charge in [0.05, 0.1) is 17.7 Å². The molecule has 1 fully saturated rings. The Bertz CT molecular complexity index is 977. The number of sulfonamides is 1. The number of rotatable bonds is 9. The molecule has 7 nitrogen and oxygen atoms in total. The molecule has 0 aliphatic carbocycles. The zero-order chi connectivity index (χ0) is 21.6. The van der Waals surface area contributed by atoms with E-state index < -0.39 is 15.9 Å². The number of carbonyl (C=O) groups excluding carboxylic acids is 1. The number of hydrogen-bond acceptors (Lipinski definition) is 5. The molecular weight excluding hydrogens is 451 g/mol. The summed E-state index contributed by atoms with van der Waals surface area (Å²) >= 11 is 11.9. The molecule has 0 spiro atoms. The average Bonchev–Trinajstić information content (AvgIpc) is 3.25. The first-order chi connectivity index (χ1) is 14.3. The summed E-state index contributed by atoms with van der Waals surface area (Å²) in [4.78, 5) is 12.2. The molecule has 1 aliphatic heterocycles. The summed E-state index contributed by atoms with van der Waals surface area (Å²) in [6, 6.07) is 11.0. The molecule has 0 saturated carbocycles. The highest BCUT2D eigenvalue weighted by Crippen LogP contribution is 2.23. The van der Waals surface area contributed by atoms with E-state index in [0.29, 0.717) is 17.4 Å². The maximum atomic E-state index is 12.6. The first-order valence-electron chi connectivity index (χ1n) is 9.42. The molecule has 0 radical (unpaired) electrons. The third kappa shape index (κ3) is 6.33. The summed E-state index contributed by atoms with van der Waals surface area (Å²) in [5.74, 6) is 0.202. The van der Waals surface area contributed by atoms with Crippen molar-refractivity contribution >= 4 is 39.1 Å². The Morgan fingerprint density at radius 2 is 1.93 bits per heavy atom. The molecule has 1 amide bonds. The molecule has 1 heterocycles. The second kappa shape index (κ2) is 10.5. The van der Waals surface area contributed by atoms with Crippen LogP contribution in [-0.4, -0.2) is 46.7 Å². The minimum Gasteiger partial charge on any atom is -0.492 e. The Hall–Kier alpha value is -1.84. The summed E-state index contributed by atoms with van der Waals surface area (Å²) in [7, 11) is -3.88. The van der Waals surface area contributed by atoms with Crippen LogP contribution < -0.4 is 14.8 Å². The lowest BCUT2D eigenvalue weighted by molar-refractivity contribution is 0.0946. The molecular formula is C20H22Cl2N2O5S. The Balaban J connectivity index is 1.56. The number of halogens is 2. The first-order valence-corrected chi connectivity index (χ1v) is 11.7. The molecule has 1 saturated heterocycles. The van der Waals surface area contributed by atoms with Crippen molar-refractivity contribution in [3.8, 4) is 5.75 Å². The highest BCUT2D eigenvalue weighted by Gasteiger charge is 2.23. The largest absolute Gasteiger partial charge is 0.492 e. The fourth-order valence-electron chi connectivity index (χ4n) is 2.90. The quantitative estimate of drug-likeness (QED) is 0.546. The predicted molar refractivity (Wildman–Crippen MR) is 115 cm³/mol. The monoisotopic (exact) mass is 472 g/mol. The van der Waals surface area contributed by atoms with Gasteiger partial charge in [-0.25, -0.2) is 13.1 Å². The summed E-state index contributed by atoms with van der Waals surface area (Å²) in [5.41, 5.74) is 0.184. The summed E-state index contributed by atoms with van der Waals surface area (Å²) in [5, 5.41) is 3.33. The van der Waals surface area contributed by atoms with Crippen molar-refractivity contribution in [2.75, 3.05) is 26.3 Å². The fourth-order valence-corrected chi connectivity index (χ4v) is 4.62. The third-order valence-corrected chi connectivity index (χ3v) is 6.64. The minimum absolute atomic E-state index is 0.0393. The van der Waals surface area contributed by atoms with E-state index in [-0.39, 0.29) is 41.3 Å². The Labute approximate surface area is 185 Å². The van der Waals surface area contributed by atoms with Gasteiger partial charge in [0.25, 0.3) is 5.91 Å². The van der Waals surface area contributed by atoms with Crippen LogP contribution in [-0.2, 0) is 14.8 Å². The van der Waals surface area contributed by atoms with Crippen LogP contribution in [0.5, 0.6) is 5.75 Å². The van der Waals surface area contributed by atoms with Crippen molar-refractivity contribution in [2.45, 2.75) is 23.8 Å². The number of amides is 1. The van der Waals surface area contributed by atoms with E-state index in [0.717, 1.165) is 12.8 Å². The van der Waals surface area contributed by atoms with Gasteiger partial charge in [-0.05, 0) is 55.3 Å². The molecule has 2 N–H and O–H groups in total. The second-order valence-corrected chi connectivity index (χ2v) is 9.27. The van der Waals surface area contributed by atoms with Crippen LogP contribution in [0, 0.1) is 0 Å². The maximum Gasteiger partial charge on any atom is 0.251 e. The van der Waals surface area contributed by atoms with E-state index in [9.17, 15) is 13.2 Å². The van der Waals surface area contributed by atoms with E-state index in [1.54, 1.807) is 24.3 Å². The zero-order valence-corrected chi connectivity index (χ0v) is 18.4. The van der Waals surface area contributed by atoms with Gasteiger partial charge in [-0.1, -0.05) is 23.2 Å². The fraction of sp³-hybridized carbons (Fsp3) is 0.350. The Kier molecular flexibility index (Phi) is 7.96. The number of hydrogen-bond donors (Lipinski definition) is 2. The van der Waals surface area contributed by atoms with E-state index in [2.05, 4.69) is 10.0 Å². The molecule has 0 bridgehead atoms. The van der Waals surface area contributed by atoms with Crippen LogP contribution >= 0.6 is 23.2 Å². The highest BCUT2D eigenvalue weighted by molar-refractivity contribution is 7.89. The lowest BCUT2D eigenvalue weighted by atomic mass is 10.2. The summed E-state index contributed by atoms with van der Waals surface area (Å²) in [6.07, 6.45) is 1.56. The van der Waals surface area contributed by atoms with Gasteiger partial charge < -0.3 is 14.8 Å². The van der Waals surface area contributed by atoms with Gasteiger partial charge in [0, 0.05) is 23.7 Å². The van der Waals surface area contributed by atoms with Gasteiger partial charge in [-0.3, -0.25) is 4.79 Å². The summed E-state index contributed by atoms with van der Waals surface area (Å²) < 4.78 is 38.7. The molecule has 2 aromatic carbocycles. The first kappa shape index (κ1) is 22.8. The molecule has 10 heteroatoms. The Morgan fingerprint density at radius 3 is 2.63 bits per heavy atom. The molecule has 3 rings (SSSR count). The van der Waals surface area contributed by atoms with Crippen LogP contribution in [0.4, 0.5) is 0 Å². The minimum atomic E-state index is -3.88. The van der Waals surface area contributed by atoms with Crippen molar-refractivity contribution in [3.05, 3.63) is 58.1 Å². The van der Waals surface area contributed by atoms with Crippen molar-refractivity contribution in [1.82, 2.24) is 10.0 Å². The van der Waals surface area contributed by atoms with Crippen molar-refractivity contribution in [1.29, 1.82) is 0 Å². The topological polar surface area (TPSA) is 93.7 Å². The molecule has 2 aromatic rings. The highest BCUT2D eigenvalue weighted by atomic mass is 35.5. The SMILES string of the molecule is O=C(NCCOc1ccc(Cl)cc1)c1ccc(Cl)c(S(=O)(=O)NCC2CCCO2)c1. The van der Waals surface area contributed by atoms with E-state index >= 15 is 0 Å². The maximum absolute atomic E-state index is 12.6. The van der Waals surface area contributed by atoms with Crippen LogP contribution in [0.25, 0.3) is 0 Å². The van der Waals surface area contributed by atoms with Gasteiger partial charge in [0.1, 0.15) is 17.3 Å². The second-order valence-electron chi connectivity index (χ2n) is 6.69. The van der Waals surface area contributed by atoms with E-state index in [1.807, 2.05) is 0 Å². The molecule has 1 atom stereocenters. The van der Waals surface area contributed by atoms with Gasteiger partial charge in [-0.15, -0.1) is 0 Å². The standard InChI is InChI=1S/C20H22Cl2N2O5S/c21-15-4-6-16(7-5-15)29-11-9-23-20(25)14-3-8-18(22)19(12-14)30(26,27)24-13-17-2-1-10-28-17/h3-8,12,17,24H,1-2,9-11,13H2,(H,23,25). The predicted octanol–water partition coefficient (Wildman–Crippen LogP) is 3.26. The van der Waals surface area contributed by atoms with Crippen molar-refractivity contribution < 1.29 is 22.7 Å². The number of nitrogens with one attached hydrogen (secondary N) is 2.